The quantitative estimate of drug-likeness (QED) is 0.798. The molecule has 1 fully saturated rings. The maximum atomic E-state index is 12.5. The van der Waals surface area contributed by atoms with E-state index in [1.165, 1.54) is 24.6 Å². The Bertz CT molecular complexity index is 803. The summed E-state index contributed by atoms with van der Waals surface area (Å²) in [5.74, 6) is 2.86. The molecule has 2 heterocycles. The largest absolute Gasteiger partial charge is 0.454 e. The van der Waals surface area contributed by atoms with Crippen LogP contribution in [-0.4, -0.2) is 32.7 Å². The molecule has 1 aromatic carbocycles. The number of ether oxygens (including phenoxy) is 2. The van der Waals surface area contributed by atoms with E-state index < -0.39 is 0 Å². The zero-order valence-corrected chi connectivity index (χ0v) is 15.0. The lowest BCUT2D eigenvalue weighted by Gasteiger charge is -2.13. The summed E-state index contributed by atoms with van der Waals surface area (Å²) in [5.41, 5.74) is 0.692. The minimum Gasteiger partial charge on any atom is -0.454 e. The highest BCUT2D eigenvalue weighted by Crippen LogP contribution is 2.40. The van der Waals surface area contributed by atoms with Crippen LogP contribution >= 0.6 is 11.8 Å². The van der Waals surface area contributed by atoms with Gasteiger partial charge in [0, 0.05) is 24.2 Å². The van der Waals surface area contributed by atoms with E-state index in [4.69, 9.17) is 9.47 Å². The van der Waals surface area contributed by atoms with Gasteiger partial charge in [-0.25, -0.2) is 0 Å². The lowest BCUT2D eigenvalue weighted by molar-refractivity contribution is -0.115. The number of rotatable bonds is 6. The molecule has 1 atom stereocenters. The molecule has 1 aromatic heterocycles. The summed E-state index contributed by atoms with van der Waals surface area (Å²) in [7, 11) is 0. The average molecular weight is 360 g/mol. The number of fused-ring (bicyclic) bond motifs is 1. The molecule has 8 heteroatoms. The fraction of sp³-hybridized carbons (Fsp3) is 0.471. The van der Waals surface area contributed by atoms with Crippen LogP contribution in [0.4, 0.5) is 5.69 Å². The lowest BCUT2D eigenvalue weighted by Crippen LogP contribution is -2.23. The van der Waals surface area contributed by atoms with Crippen LogP contribution in [0.3, 0.4) is 0 Å². The Morgan fingerprint density at radius 1 is 1.36 bits per heavy atom. The molecule has 0 saturated heterocycles. The number of nitrogens with zero attached hydrogens (tertiary/aromatic N) is 3. The fourth-order valence-electron chi connectivity index (χ4n) is 2.76. The number of amides is 1. The Kier molecular flexibility index (Phi) is 4.29. The van der Waals surface area contributed by atoms with Crippen molar-refractivity contribution in [2.24, 2.45) is 0 Å². The normalized spacial score (nSPS) is 16.7. The third-order valence-corrected chi connectivity index (χ3v) is 5.38. The molecule has 1 amide bonds. The molecule has 0 spiro atoms. The number of carbonyl (C=O) groups is 1. The van der Waals surface area contributed by atoms with Crippen LogP contribution in [0.5, 0.6) is 11.5 Å². The molecule has 1 aliphatic carbocycles. The molecule has 7 nitrogen and oxygen atoms in total. The molecular weight excluding hydrogens is 340 g/mol. The van der Waals surface area contributed by atoms with Crippen molar-refractivity contribution in [2.45, 2.75) is 49.6 Å². The van der Waals surface area contributed by atoms with Gasteiger partial charge in [-0.05, 0) is 38.8 Å². The van der Waals surface area contributed by atoms with Crippen LogP contribution in [0, 0.1) is 0 Å². The van der Waals surface area contributed by atoms with E-state index in [0.29, 0.717) is 23.1 Å². The Morgan fingerprint density at radius 3 is 2.92 bits per heavy atom. The smallest absolute Gasteiger partial charge is 0.237 e. The predicted molar refractivity (Wildman–Crippen MR) is 94.2 cm³/mol. The highest BCUT2D eigenvalue weighted by Gasteiger charge is 2.30. The van der Waals surface area contributed by atoms with Crippen molar-refractivity contribution in [2.75, 3.05) is 12.1 Å². The molecule has 0 radical (unpaired) electrons. The minimum atomic E-state index is -0.285. The topological polar surface area (TPSA) is 78.3 Å². The van der Waals surface area contributed by atoms with E-state index in [-0.39, 0.29) is 18.0 Å². The standard InChI is InChI=1S/C17H20N4O3S/c1-3-21-15(11-4-5-11)19-20-17(21)25-10(2)16(22)18-12-6-7-13-14(8-12)24-9-23-13/h6-8,10-11H,3-5,9H2,1-2H3,(H,18,22)/t10-/m1/s1. The Balaban J connectivity index is 1.42. The van der Waals surface area contributed by atoms with Crippen molar-refractivity contribution < 1.29 is 14.3 Å². The number of hydrogen-bond acceptors (Lipinski definition) is 6. The second-order valence-corrected chi connectivity index (χ2v) is 7.48. The van der Waals surface area contributed by atoms with Crippen LogP contribution in [0.25, 0.3) is 0 Å². The van der Waals surface area contributed by atoms with Crippen LogP contribution in [0.15, 0.2) is 23.4 Å². The van der Waals surface area contributed by atoms with Gasteiger partial charge in [0.1, 0.15) is 5.82 Å². The maximum absolute atomic E-state index is 12.5. The van der Waals surface area contributed by atoms with E-state index in [2.05, 4.69) is 27.0 Å². The first kappa shape index (κ1) is 16.3. The molecule has 4 rings (SSSR count). The van der Waals surface area contributed by atoms with Crippen LogP contribution in [0.2, 0.25) is 0 Å². The number of hydrogen-bond donors (Lipinski definition) is 1. The highest BCUT2D eigenvalue weighted by molar-refractivity contribution is 8.00. The molecular formula is C17H20N4O3S. The molecule has 1 aliphatic heterocycles. The Labute approximate surface area is 150 Å². The summed E-state index contributed by atoms with van der Waals surface area (Å²) in [6.07, 6.45) is 2.37. The van der Waals surface area contributed by atoms with Crippen molar-refractivity contribution in [3.8, 4) is 11.5 Å². The van der Waals surface area contributed by atoms with Gasteiger partial charge in [0.15, 0.2) is 16.7 Å². The third-order valence-electron chi connectivity index (χ3n) is 4.30. The lowest BCUT2D eigenvalue weighted by atomic mass is 10.2. The van der Waals surface area contributed by atoms with E-state index >= 15 is 0 Å². The second kappa shape index (κ2) is 6.59. The third kappa shape index (κ3) is 3.30. The molecule has 0 unspecified atom stereocenters. The van der Waals surface area contributed by atoms with Crippen LogP contribution in [0.1, 0.15) is 38.4 Å². The van der Waals surface area contributed by atoms with Crippen molar-refractivity contribution in [1.29, 1.82) is 0 Å². The summed E-state index contributed by atoms with van der Waals surface area (Å²) in [4.78, 5) is 12.5. The first-order valence-corrected chi connectivity index (χ1v) is 9.34. The van der Waals surface area contributed by atoms with E-state index in [1.54, 1.807) is 12.1 Å². The first-order chi connectivity index (χ1) is 12.2. The summed E-state index contributed by atoms with van der Waals surface area (Å²) in [6.45, 7) is 4.99. The Morgan fingerprint density at radius 2 is 2.16 bits per heavy atom. The molecule has 1 saturated carbocycles. The van der Waals surface area contributed by atoms with Gasteiger partial charge in [0.05, 0.1) is 5.25 Å². The molecule has 132 valence electrons. The first-order valence-electron chi connectivity index (χ1n) is 8.46. The van der Waals surface area contributed by atoms with Gasteiger partial charge in [0.2, 0.25) is 12.7 Å². The van der Waals surface area contributed by atoms with Gasteiger partial charge in [0.25, 0.3) is 0 Å². The number of thioether (sulfide) groups is 1. The number of aromatic nitrogens is 3. The van der Waals surface area contributed by atoms with Crippen molar-refractivity contribution in [3.63, 3.8) is 0 Å². The fourth-order valence-corrected chi connectivity index (χ4v) is 3.68. The summed E-state index contributed by atoms with van der Waals surface area (Å²) in [5, 5.41) is 12.0. The van der Waals surface area contributed by atoms with Crippen LogP contribution < -0.4 is 14.8 Å². The monoisotopic (exact) mass is 360 g/mol. The van der Waals surface area contributed by atoms with Crippen molar-refractivity contribution >= 4 is 23.4 Å². The van der Waals surface area contributed by atoms with E-state index in [0.717, 1.165) is 17.5 Å². The number of nitrogens with one attached hydrogen (secondary N) is 1. The second-order valence-electron chi connectivity index (χ2n) is 6.18. The summed E-state index contributed by atoms with van der Waals surface area (Å²) in [6, 6.07) is 5.38. The van der Waals surface area contributed by atoms with E-state index in [9.17, 15) is 4.79 Å². The maximum Gasteiger partial charge on any atom is 0.237 e. The molecule has 25 heavy (non-hydrogen) atoms. The van der Waals surface area contributed by atoms with Gasteiger partial charge in [-0.3, -0.25) is 4.79 Å². The number of anilines is 1. The number of carbonyl (C=O) groups excluding carboxylic acids is 1. The minimum absolute atomic E-state index is 0.0810. The molecule has 2 aliphatic rings. The van der Waals surface area contributed by atoms with Gasteiger partial charge in [-0.1, -0.05) is 11.8 Å². The van der Waals surface area contributed by atoms with Gasteiger partial charge >= 0.3 is 0 Å². The highest BCUT2D eigenvalue weighted by atomic mass is 32.2. The van der Waals surface area contributed by atoms with E-state index in [1.807, 2.05) is 13.0 Å². The number of benzene rings is 1. The van der Waals surface area contributed by atoms with Crippen molar-refractivity contribution in [3.05, 3.63) is 24.0 Å². The van der Waals surface area contributed by atoms with Crippen molar-refractivity contribution in [1.82, 2.24) is 14.8 Å². The predicted octanol–water partition coefficient (Wildman–Crippen LogP) is 3.02. The molecule has 1 N–H and O–H groups in total. The average Bonchev–Trinajstić information content (AvgIpc) is 3.21. The van der Waals surface area contributed by atoms with Gasteiger partial charge in [-0.15, -0.1) is 10.2 Å². The zero-order chi connectivity index (χ0) is 17.4. The summed E-state index contributed by atoms with van der Waals surface area (Å²) < 4.78 is 12.7. The summed E-state index contributed by atoms with van der Waals surface area (Å²) >= 11 is 1.43. The SMILES string of the molecule is CCn1c(S[C@H](C)C(=O)Nc2ccc3c(c2)OCO3)nnc1C1CC1. The Hall–Kier alpha value is -2.22. The van der Waals surface area contributed by atoms with Gasteiger partial charge < -0.3 is 19.4 Å². The molecule has 2 aromatic rings. The van der Waals surface area contributed by atoms with Crippen LogP contribution in [-0.2, 0) is 11.3 Å². The zero-order valence-electron chi connectivity index (χ0n) is 14.2. The molecule has 0 bridgehead atoms. The van der Waals surface area contributed by atoms with Gasteiger partial charge in [-0.2, -0.15) is 0 Å².